The van der Waals surface area contributed by atoms with Gasteiger partial charge in [-0.05, 0) is 35.2 Å². The Morgan fingerprint density at radius 1 is 1.23 bits per heavy atom. The molecule has 0 spiro atoms. The van der Waals surface area contributed by atoms with Gasteiger partial charge in [0.1, 0.15) is 5.75 Å². The topological polar surface area (TPSA) is 111 Å². The molecular formula is C27H21ClF3N3O4S2. The molecule has 0 fully saturated rings. The standard InChI is InChI=1S/C27H21ClF3N3O4S2/c1-38-16-7-4-6-15(12-16)33-21(35)14-40-25-18(13-32)22(17-8-2-3-9-19(17)28)23(24(36)20-10-5-11-39-20)26(37,34-25)27(29,30)31/h2-12,22-23,34,37H,14H2,1H3,(H,33,35)/t22-,23-,26-/m0/s1. The molecule has 4 rings (SSSR count). The summed E-state index contributed by atoms with van der Waals surface area (Å²) in [5.41, 5.74) is -3.61. The molecule has 1 amide bonds. The van der Waals surface area contributed by atoms with E-state index < -0.39 is 46.2 Å². The van der Waals surface area contributed by atoms with Crippen LogP contribution in [0.3, 0.4) is 0 Å². The lowest BCUT2D eigenvalue weighted by molar-refractivity contribution is -0.285. The monoisotopic (exact) mass is 607 g/mol. The van der Waals surface area contributed by atoms with Gasteiger partial charge >= 0.3 is 6.18 Å². The fourth-order valence-electron chi connectivity index (χ4n) is 4.36. The number of ketones is 1. The molecule has 2 heterocycles. The molecule has 13 heteroatoms. The SMILES string of the molecule is COc1cccc(NC(=O)CSC2=C(C#N)[C@H](c3ccccc3Cl)[C@@H](C(=O)c3cccs3)[C@](O)(C(F)(F)F)N2)c1. The molecule has 208 valence electrons. The van der Waals surface area contributed by atoms with Crippen molar-refractivity contribution >= 4 is 52.1 Å². The van der Waals surface area contributed by atoms with Crippen LogP contribution < -0.4 is 15.4 Å². The summed E-state index contributed by atoms with van der Waals surface area (Å²) in [7, 11) is 1.45. The Labute approximate surface area is 240 Å². The lowest BCUT2D eigenvalue weighted by atomic mass is 9.70. The second-order valence-electron chi connectivity index (χ2n) is 8.63. The first-order valence-corrected chi connectivity index (χ1v) is 13.8. The molecule has 0 saturated carbocycles. The van der Waals surface area contributed by atoms with Crippen LogP contribution in [-0.2, 0) is 4.79 Å². The zero-order valence-electron chi connectivity index (χ0n) is 20.7. The quantitative estimate of drug-likeness (QED) is 0.271. The number of hydrogen-bond donors (Lipinski definition) is 3. The van der Waals surface area contributed by atoms with Gasteiger partial charge in [0.05, 0.1) is 40.3 Å². The molecule has 0 saturated heterocycles. The fourth-order valence-corrected chi connectivity index (χ4v) is 6.22. The number of alkyl halides is 3. The zero-order valence-corrected chi connectivity index (χ0v) is 23.0. The van der Waals surface area contributed by atoms with Gasteiger partial charge in [0.25, 0.3) is 0 Å². The van der Waals surface area contributed by atoms with Crippen molar-refractivity contribution in [2.24, 2.45) is 5.92 Å². The Hall–Kier alpha value is -3.50. The molecule has 3 atom stereocenters. The van der Waals surface area contributed by atoms with Crippen molar-refractivity contribution in [3.05, 3.63) is 92.1 Å². The summed E-state index contributed by atoms with van der Waals surface area (Å²) in [5.74, 6) is -5.32. The largest absolute Gasteiger partial charge is 0.497 e. The number of thioether (sulfide) groups is 1. The van der Waals surface area contributed by atoms with Gasteiger partial charge in [-0.15, -0.1) is 11.3 Å². The molecule has 3 aromatic rings. The third kappa shape index (κ3) is 5.83. The maximum absolute atomic E-state index is 14.6. The minimum atomic E-state index is -5.36. The van der Waals surface area contributed by atoms with Gasteiger partial charge in [0, 0.05) is 22.7 Å². The maximum atomic E-state index is 14.6. The van der Waals surface area contributed by atoms with E-state index in [9.17, 15) is 33.1 Å². The Kier molecular flexibility index (Phi) is 8.80. The number of Topliss-reactive ketones (excluding diaryl/α,β-unsaturated/α-hetero) is 1. The third-order valence-corrected chi connectivity index (χ3v) is 8.43. The summed E-state index contributed by atoms with van der Waals surface area (Å²) in [4.78, 5) is 26.2. The van der Waals surface area contributed by atoms with Crippen molar-refractivity contribution < 1.29 is 32.6 Å². The maximum Gasteiger partial charge on any atom is 0.437 e. The van der Waals surface area contributed by atoms with Crippen LogP contribution in [-0.4, -0.2) is 41.6 Å². The van der Waals surface area contributed by atoms with E-state index in [0.717, 1.165) is 11.3 Å². The number of aliphatic hydroxyl groups is 1. The van der Waals surface area contributed by atoms with Crippen molar-refractivity contribution in [3.63, 3.8) is 0 Å². The number of rotatable bonds is 8. The van der Waals surface area contributed by atoms with Crippen molar-refractivity contribution in [2.45, 2.75) is 17.8 Å². The number of ether oxygens (including phenoxy) is 1. The fraction of sp³-hybridized carbons (Fsp3) is 0.222. The summed E-state index contributed by atoms with van der Waals surface area (Å²) >= 11 is 7.87. The van der Waals surface area contributed by atoms with Crippen LogP contribution in [0.5, 0.6) is 5.75 Å². The van der Waals surface area contributed by atoms with E-state index in [1.54, 1.807) is 30.3 Å². The molecule has 0 unspecified atom stereocenters. The normalized spacial score (nSPS) is 20.8. The molecule has 40 heavy (non-hydrogen) atoms. The first kappa shape index (κ1) is 29.5. The highest BCUT2D eigenvalue weighted by Gasteiger charge is 2.66. The summed E-state index contributed by atoms with van der Waals surface area (Å²) in [6.45, 7) is 0. The van der Waals surface area contributed by atoms with Crippen LogP contribution in [0, 0.1) is 17.2 Å². The van der Waals surface area contributed by atoms with Crippen LogP contribution in [0.25, 0.3) is 0 Å². The average Bonchev–Trinajstić information content (AvgIpc) is 3.46. The summed E-state index contributed by atoms with van der Waals surface area (Å²) in [6.07, 6.45) is -5.36. The molecular weight excluding hydrogens is 587 g/mol. The predicted molar refractivity (Wildman–Crippen MR) is 147 cm³/mol. The number of allylic oxidation sites excluding steroid dienone is 1. The molecule has 2 aromatic carbocycles. The summed E-state index contributed by atoms with van der Waals surface area (Å²) in [5, 5.41) is 27.1. The Bertz CT molecular complexity index is 1490. The Morgan fingerprint density at radius 2 is 1.98 bits per heavy atom. The number of nitriles is 1. The molecule has 1 aliphatic rings. The van der Waals surface area contributed by atoms with E-state index in [0.29, 0.717) is 23.2 Å². The van der Waals surface area contributed by atoms with E-state index in [4.69, 9.17) is 16.3 Å². The molecule has 0 aliphatic carbocycles. The molecule has 3 N–H and O–H groups in total. The van der Waals surface area contributed by atoms with Crippen LogP contribution >= 0.6 is 34.7 Å². The minimum Gasteiger partial charge on any atom is -0.497 e. The van der Waals surface area contributed by atoms with Crippen LogP contribution in [0.15, 0.2) is 76.6 Å². The summed E-state index contributed by atoms with van der Waals surface area (Å²) < 4.78 is 49.0. The first-order chi connectivity index (χ1) is 19.0. The second kappa shape index (κ2) is 11.9. The highest BCUT2D eigenvalue weighted by Crippen LogP contribution is 2.52. The lowest BCUT2D eigenvalue weighted by Gasteiger charge is -2.45. The Morgan fingerprint density at radius 3 is 2.60 bits per heavy atom. The van der Waals surface area contributed by atoms with Crippen molar-refractivity contribution in [1.82, 2.24) is 5.32 Å². The smallest absolute Gasteiger partial charge is 0.437 e. The van der Waals surface area contributed by atoms with Crippen LogP contribution in [0.2, 0.25) is 5.02 Å². The number of anilines is 1. The number of thiophene rings is 1. The molecule has 1 aliphatic heterocycles. The molecule has 7 nitrogen and oxygen atoms in total. The van der Waals surface area contributed by atoms with Crippen LogP contribution in [0.4, 0.5) is 18.9 Å². The van der Waals surface area contributed by atoms with Gasteiger partial charge in [0.15, 0.2) is 5.78 Å². The van der Waals surface area contributed by atoms with Gasteiger partial charge in [-0.3, -0.25) is 9.59 Å². The highest BCUT2D eigenvalue weighted by atomic mass is 35.5. The van der Waals surface area contributed by atoms with E-state index in [-0.39, 0.29) is 21.0 Å². The zero-order chi connectivity index (χ0) is 29.1. The first-order valence-electron chi connectivity index (χ1n) is 11.6. The molecule has 1 aromatic heterocycles. The van der Waals surface area contributed by atoms with E-state index in [1.807, 2.05) is 11.4 Å². The number of halogens is 4. The van der Waals surface area contributed by atoms with Crippen molar-refractivity contribution in [3.8, 4) is 11.8 Å². The lowest BCUT2D eigenvalue weighted by Crippen LogP contribution is -2.66. The second-order valence-corrected chi connectivity index (χ2v) is 11.0. The van der Waals surface area contributed by atoms with Crippen LogP contribution in [0.1, 0.15) is 21.2 Å². The van der Waals surface area contributed by atoms with Gasteiger partial charge in [0.2, 0.25) is 11.6 Å². The predicted octanol–water partition coefficient (Wildman–Crippen LogP) is 5.95. The van der Waals surface area contributed by atoms with E-state index >= 15 is 0 Å². The number of hydrogen-bond acceptors (Lipinski definition) is 8. The number of carbonyl (C=O) groups excluding carboxylic acids is 2. The third-order valence-electron chi connectivity index (χ3n) is 6.18. The molecule has 0 radical (unpaired) electrons. The van der Waals surface area contributed by atoms with E-state index in [1.165, 1.54) is 42.8 Å². The van der Waals surface area contributed by atoms with Crippen molar-refractivity contribution in [1.29, 1.82) is 5.26 Å². The highest BCUT2D eigenvalue weighted by molar-refractivity contribution is 8.03. The number of benzene rings is 2. The number of carbonyl (C=O) groups is 2. The summed E-state index contributed by atoms with van der Waals surface area (Å²) in [6, 6.07) is 17.1. The van der Waals surface area contributed by atoms with E-state index in [2.05, 4.69) is 5.32 Å². The van der Waals surface area contributed by atoms with Gasteiger partial charge in [-0.2, -0.15) is 18.4 Å². The van der Waals surface area contributed by atoms with Gasteiger partial charge in [-0.1, -0.05) is 53.7 Å². The number of methoxy groups -OCH3 is 1. The van der Waals surface area contributed by atoms with Gasteiger partial charge in [-0.25, -0.2) is 0 Å². The minimum absolute atomic E-state index is 0.00997. The average molecular weight is 608 g/mol. The number of nitrogens with one attached hydrogen (secondary N) is 2. The Balaban J connectivity index is 1.78. The molecule has 0 bridgehead atoms. The number of nitrogens with zero attached hydrogens (tertiary/aromatic N) is 1. The van der Waals surface area contributed by atoms with Crippen molar-refractivity contribution in [2.75, 3.05) is 18.2 Å². The number of amides is 1. The van der Waals surface area contributed by atoms with Gasteiger partial charge < -0.3 is 20.5 Å².